The van der Waals surface area contributed by atoms with E-state index in [2.05, 4.69) is 25.3 Å². The van der Waals surface area contributed by atoms with E-state index in [1.54, 1.807) is 24.7 Å². The van der Waals surface area contributed by atoms with Crippen LogP contribution in [0.1, 0.15) is 25.7 Å². The highest BCUT2D eigenvalue weighted by Gasteiger charge is 2.20. The summed E-state index contributed by atoms with van der Waals surface area (Å²) in [5.41, 5.74) is 9.31. The Morgan fingerprint density at radius 2 is 1.89 bits per heavy atom. The smallest absolute Gasteiger partial charge is 0.166 e. The summed E-state index contributed by atoms with van der Waals surface area (Å²) in [7, 11) is 0. The molecule has 1 aliphatic carbocycles. The fourth-order valence-electron chi connectivity index (χ4n) is 3.25. The average molecular weight is 392 g/mol. The van der Waals surface area contributed by atoms with Crippen molar-refractivity contribution in [3.8, 4) is 0 Å². The van der Waals surface area contributed by atoms with Gasteiger partial charge in [0.1, 0.15) is 0 Å². The highest BCUT2D eigenvalue weighted by Crippen LogP contribution is 2.30. The summed E-state index contributed by atoms with van der Waals surface area (Å²) in [6.45, 7) is 0. The molecule has 0 atom stereocenters. The van der Waals surface area contributed by atoms with Crippen LogP contribution in [0.25, 0.3) is 11.0 Å². The van der Waals surface area contributed by atoms with Gasteiger partial charge in [0.25, 0.3) is 0 Å². The number of thioether (sulfide) groups is 1. The molecule has 0 bridgehead atoms. The standard InChI is InChI=1S/C20H21N7S/c21-19(13-3-1-2-4-13)28-20(22)27-18-6-5-16-17(26-18)11-15(12-24-16)25-14-7-9-23-10-8-14/h5-13,21H,1-4H2,(H,23,25)(H2,22,26,27). The van der Waals surface area contributed by atoms with Crippen LogP contribution in [0.4, 0.5) is 17.2 Å². The topological polar surface area (TPSA) is 113 Å². The van der Waals surface area contributed by atoms with Crippen LogP contribution in [0, 0.1) is 11.3 Å². The zero-order chi connectivity index (χ0) is 19.3. The summed E-state index contributed by atoms with van der Waals surface area (Å²) in [6.07, 6.45) is 9.76. The van der Waals surface area contributed by atoms with Gasteiger partial charge in [0, 0.05) is 24.0 Å². The van der Waals surface area contributed by atoms with E-state index in [0.29, 0.717) is 21.9 Å². The summed E-state index contributed by atoms with van der Waals surface area (Å²) < 4.78 is 0. The first kappa shape index (κ1) is 18.4. The highest BCUT2D eigenvalue weighted by atomic mass is 32.2. The van der Waals surface area contributed by atoms with E-state index < -0.39 is 0 Å². The van der Waals surface area contributed by atoms with Gasteiger partial charge < -0.3 is 11.1 Å². The number of nitrogens with one attached hydrogen (secondary N) is 2. The van der Waals surface area contributed by atoms with E-state index in [-0.39, 0.29) is 0 Å². The van der Waals surface area contributed by atoms with Crippen LogP contribution < -0.4 is 11.1 Å². The molecule has 0 amide bonds. The monoisotopic (exact) mass is 391 g/mol. The van der Waals surface area contributed by atoms with Crippen LogP contribution in [0.3, 0.4) is 0 Å². The first-order valence-electron chi connectivity index (χ1n) is 9.22. The maximum atomic E-state index is 8.21. The Balaban J connectivity index is 1.51. The lowest BCUT2D eigenvalue weighted by Crippen LogP contribution is -2.14. The van der Waals surface area contributed by atoms with Gasteiger partial charge in [-0.3, -0.25) is 15.4 Å². The number of nitrogens with zero attached hydrogens (tertiary/aromatic N) is 4. The summed E-state index contributed by atoms with van der Waals surface area (Å²) in [6, 6.07) is 9.35. The third-order valence-electron chi connectivity index (χ3n) is 4.66. The third-order valence-corrected chi connectivity index (χ3v) is 5.51. The molecule has 0 aliphatic heterocycles. The number of anilines is 2. The molecule has 8 heteroatoms. The zero-order valence-electron chi connectivity index (χ0n) is 15.3. The number of nitrogens with two attached hydrogens (primary N) is 1. The van der Waals surface area contributed by atoms with Crippen molar-refractivity contribution in [2.24, 2.45) is 16.6 Å². The number of aromatic nitrogens is 3. The first-order valence-corrected chi connectivity index (χ1v) is 10.0. The minimum atomic E-state index is 0.328. The lowest BCUT2D eigenvalue weighted by molar-refractivity contribution is 0.736. The Bertz CT molecular complexity index is 1010. The third kappa shape index (κ3) is 4.45. The maximum Gasteiger partial charge on any atom is 0.166 e. The Kier molecular flexibility index (Phi) is 5.48. The zero-order valence-corrected chi connectivity index (χ0v) is 16.1. The minimum Gasteiger partial charge on any atom is -0.378 e. The maximum absolute atomic E-state index is 8.21. The fourth-order valence-corrected chi connectivity index (χ4v) is 4.01. The molecule has 3 aromatic heterocycles. The van der Waals surface area contributed by atoms with Crippen LogP contribution in [-0.2, 0) is 0 Å². The van der Waals surface area contributed by atoms with Gasteiger partial charge >= 0.3 is 0 Å². The van der Waals surface area contributed by atoms with E-state index in [0.717, 1.165) is 35.2 Å². The number of hydrogen-bond donors (Lipinski definition) is 3. The van der Waals surface area contributed by atoms with Crippen molar-refractivity contribution in [1.29, 1.82) is 5.41 Å². The molecule has 0 unspecified atom stereocenters. The second-order valence-electron chi connectivity index (χ2n) is 6.69. The lowest BCUT2D eigenvalue weighted by atomic mass is 10.1. The predicted molar refractivity (Wildman–Crippen MR) is 116 cm³/mol. The van der Waals surface area contributed by atoms with Crippen molar-refractivity contribution in [2.45, 2.75) is 25.7 Å². The molecule has 28 heavy (non-hydrogen) atoms. The number of fused-ring (bicyclic) bond motifs is 1. The van der Waals surface area contributed by atoms with Gasteiger partial charge in [-0.1, -0.05) is 12.8 Å². The molecule has 4 rings (SSSR count). The van der Waals surface area contributed by atoms with Crippen molar-refractivity contribution in [1.82, 2.24) is 15.0 Å². The minimum absolute atomic E-state index is 0.328. The highest BCUT2D eigenvalue weighted by molar-refractivity contribution is 8.26. The van der Waals surface area contributed by atoms with Gasteiger partial charge in [0.15, 0.2) is 11.0 Å². The molecule has 7 nitrogen and oxygen atoms in total. The molecule has 0 saturated heterocycles. The largest absolute Gasteiger partial charge is 0.378 e. The van der Waals surface area contributed by atoms with Crippen LogP contribution >= 0.6 is 11.8 Å². The van der Waals surface area contributed by atoms with Crippen LogP contribution in [0.2, 0.25) is 0 Å². The Hall–Kier alpha value is -3.00. The van der Waals surface area contributed by atoms with Crippen molar-refractivity contribution in [2.75, 3.05) is 5.32 Å². The SMILES string of the molecule is N=C(SC(N)=Nc1ccc2ncc(Nc3ccncc3)cc2n1)C1CCCC1. The summed E-state index contributed by atoms with van der Waals surface area (Å²) >= 11 is 1.24. The first-order chi connectivity index (χ1) is 13.7. The molecular weight excluding hydrogens is 370 g/mol. The average Bonchev–Trinajstić information content (AvgIpc) is 3.23. The van der Waals surface area contributed by atoms with Gasteiger partial charge in [-0.05, 0) is 54.9 Å². The van der Waals surface area contributed by atoms with Gasteiger partial charge in [0.2, 0.25) is 0 Å². The normalized spacial score (nSPS) is 15.1. The van der Waals surface area contributed by atoms with Gasteiger partial charge in [-0.25, -0.2) is 9.98 Å². The van der Waals surface area contributed by atoms with Crippen LogP contribution in [0.5, 0.6) is 0 Å². The Morgan fingerprint density at radius 3 is 2.68 bits per heavy atom. The molecular formula is C20H21N7S. The van der Waals surface area contributed by atoms with Gasteiger partial charge in [-0.15, -0.1) is 0 Å². The molecule has 142 valence electrons. The molecule has 1 aliphatic rings. The van der Waals surface area contributed by atoms with Crippen molar-refractivity contribution in [3.63, 3.8) is 0 Å². The van der Waals surface area contributed by atoms with E-state index in [1.165, 1.54) is 24.6 Å². The molecule has 4 N–H and O–H groups in total. The Morgan fingerprint density at radius 1 is 1.11 bits per heavy atom. The molecule has 3 heterocycles. The molecule has 1 saturated carbocycles. The predicted octanol–water partition coefficient (Wildman–Crippen LogP) is 4.62. The van der Waals surface area contributed by atoms with Crippen molar-refractivity contribution >= 4 is 50.2 Å². The molecule has 3 aromatic rings. The van der Waals surface area contributed by atoms with E-state index in [4.69, 9.17) is 11.1 Å². The van der Waals surface area contributed by atoms with E-state index in [9.17, 15) is 0 Å². The summed E-state index contributed by atoms with van der Waals surface area (Å²) in [5, 5.41) is 12.4. The van der Waals surface area contributed by atoms with Gasteiger partial charge in [0.05, 0.1) is 28.0 Å². The molecule has 1 fully saturated rings. The second kappa shape index (κ2) is 8.35. The molecule has 0 radical (unpaired) electrons. The van der Waals surface area contributed by atoms with Crippen LogP contribution in [-0.4, -0.2) is 25.2 Å². The number of rotatable bonds is 4. The number of pyridine rings is 3. The van der Waals surface area contributed by atoms with Crippen molar-refractivity contribution < 1.29 is 0 Å². The second-order valence-corrected chi connectivity index (χ2v) is 7.75. The van der Waals surface area contributed by atoms with E-state index in [1.807, 2.05) is 24.3 Å². The lowest BCUT2D eigenvalue weighted by Gasteiger charge is -2.09. The molecule has 0 spiro atoms. The van der Waals surface area contributed by atoms with Crippen LogP contribution in [0.15, 0.2) is 53.9 Å². The Labute approximate surface area is 167 Å². The number of aliphatic imine (C=N–C) groups is 1. The number of hydrogen-bond acceptors (Lipinski definition) is 7. The molecule has 0 aromatic carbocycles. The van der Waals surface area contributed by atoms with Gasteiger partial charge in [-0.2, -0.15) is 0 Å². The summed E-state index contributed by atoms with van der Waals surface area (Å²) in [4.78, 5) is 17.4. The summed E-state index contributed by atoms with van der Waals surface area (Å²) in [5.74, 6) is 0.842. The van der Waals surface area contributed by atoms with E-state index >= 15 is 0 Å². The van der Waals surface area contributed by atoms with Crippen molar-refractivity contribution in [3.05, 3.63) is 48.9 Å². The quantitative estimate of drug-likeness (QED) is 0.442. The fraction of sp³-hybridized carbons (Fsp3) is 0.250. The number of amidine groups is 1.